The minimum Gasteiger partial charge on any atom is -0.396 e. The predicted molar refractivity (Wildman–Crippen MR) is 112 cm³/mol. The third kappa shape index (κ3) is 4.89. The number of carbonyl (C=O) groups excluding carboxylic acids is 2. The van der Waals surface area contributed by atoms with Crippen molar-refractivity contribution < 1.29 is 9.59 Å². The molecular weight excluding hydrogens is 405 g/mol. The number of rotatable bonds is 5. The Balaban J connectivity index is 1.71. The van der Waals surface area contributed by atoms with Gasteiger partial charge in [-0.1, -0.05) is 35.3 Å². The molecule has 1 aliphatic heterocycles. The zero-order valence-corrected chi connectivity index (χ0v) is 16.8. The first-order chi connectivity index (χ1) is 13.0. The number of likely N-dealkylation sites (tertiary alicyclic amines) is 1. The van der Waals surface area contributed by atoms with Crippen molar-refractivity contribution in [3.63, 3.8) is 0 Å². The number of hydrogen-bond donors (Lipinski definition) is 2. The molecule has 0 saturated carbocycles. The number of nitrogens with two attached hydrogens (primary N) is 1. The SMILES string of the molecule is Nc1c(Cl)cc(NC(=O)c2ccccc2SCC(=O)N2CCCC2)cc1Cl. The molecule has 2 aromatic carbocycles. The van der Waals surface area contributed by atoms with Gasteiger partial charge in [-0.2, -0.15) is 0 Å². The van der Waals surface area contributed by atoms with Crippen LogP contribution in [0.4, 0.5) is 11.4 Å². The van der Waals surface area contributed by atoms with Crippen molar-refractivity contribution in [1.29, 1.82) is 0 Å². The summed E-state index contributed by atoms with van der Waals surface area (Å²) in [6.07, 6.45) is 2.12. The monoisotopic (exact) mass is 423 g/mol. The molecule has 0 radical (unpaired) electrons. The molecule has 2 amide bonds. The van der Waals surface area contributed by atoms with E-state index in [0.29, 0.717) is 17.0 Å². The van der Waals surface area contributed by atoms with Crippen molar-refractivity contribution in [2.45, 2.75) is 17.7 Å². The summed E-state index contributed by atoms with van der Waals surface area (Å²) >= 11 is 13.4. The number of carbonyl (C=O) groups is 2. The average molecular weight is 424 g/mol. The van der Waals surface area contributed by atoms with Gasteiger partial charge in [-0.15, -0.1) is 11.8 Å². The van der Waals surface area contributed by atoms with Crippen LogP contribution in [0.25, 0.3) is 0 Å². The van der Waals surface area contributed by atoms with Crippen LogP contribution in [0.2, 0.25) is 10.0 Å². The Morgan fingerprint density at radius 2 is 1.74 bits per heavy atom. The van der Waals surface area contributed by atoms with Crippen molar-refractivity contribution in [2.24, 2.45) is 0 Å². The first kappa shape index (κ1) is 19.9. The topological polar surface area (TPSA) is 75.4 Å². The van der Waals surface area contributed by atoms with Crippen molar-refractivity contribution in [2.75, 3.05) is 29.9 Å². The number of nitrogens with zero attached hydrogens (tertiary/aromatic N) is 1. The van der Waals surface area contributed by atoms with Crippen molar-refractivity contribution in [1.82, 2.24) is 4.90 Å². The van der Waals surface area contributed by atoms with Crippen LogP contribution in [0.1, 0.15) is 23.2 Å². The van der Waals surface area contributed by atoms with E-state index in [0.717, 1.165) is 30.8 Å². The highest BCUT2D eigenvalue weighted by Gasteiger charge is 2.19. The number of nitrogen functional groups attached to an aromatic ring is 1. The molecule has 1 saturated heterocycles. The van der Waals surface area contributed by atoms with Gasteiger partial charge < -0.3 is 16.0 Å². The Morgan fingerprint density at radius 3 is 2.41 bits per heavy atom. The molecular formula is C19H19Cl2N3O2S. The summed E-state index contributed by atoms with van der Waals surface area (Å²) in [6.45, 7) is 1.64. The van der Waals surface area contributed by atoms with Crippen LogP contribution in [0.5, 0.6) is 0 Å². The van der Waals surface area contributed by atoms with Crippen LogP contribution in [0.15, 0.2) is 41.3 Å². The highest BCUT2D eigenvalue weighted by atomic mass is 35.5. The predicted octanol–water partition coefficient (Wildman–Crippen LogP) is 4.54. The van der Waals surface area contributed by atoms with Gasteiger partial charge in [-0.25, -0.2) is 0 Å². The van der Waals surface area contributed by atoms with Gasteiger partial charge in [0.2, 0.25) is 5.91 Å². The first-order valence-electron chi connectivity index (χ1n) is 8.51. The molecule has 3 N–H and O–H groups in total. The van der Waals surface area contributed by atoms with Crippen LogP contribution in [-0.4, -0.2) is 35.6 Å². The van der Waals surface area contributed by atoms with Crippen LogP contribution in [0.3, 0.4) is 0 Å². The minimum absolute atomic E-state index is 0.102. The summed E-state index contributed by atoms with van der Waals surface area (Å²) in [6, 6.07) is 10.3. The maximum atomic E-state index is 12.7. The molecule has 0 aromatic heterocycles. The van der Waals surface area contributed by atoms with Gasteiger partial charge in [0.05, 0.1) is 27.0 Å². The molecule has 3 rings (SSSR count). The van der Waals surface area contributed by atoms with Gasteiger partial charge in [0, 0.05) is 23.7 Å². The molecule has 142 valence electrons. The molecule has 0 aliphatic carbocycles. The molecule has 5 nitrogen and oxygen atoms in total. The molecule has 27 heavy (non-hydrogen) atoms. The highest BCUT2D eigenvalue weighted by molar-refractivity contribution is 8.00. The summed E-state index contributed by atoms with van der Waals surface area (Å²) in [7, 11) is 0. The fourth-order valence-corrected chi connectivity index (χ4v) is 4.27. The molecule has 8 heteroatoms. The average Bonchev–Trinajstić information content (AvgIpc) is 3.19. The summed E-state index contributed by atoms with van der Waals surface area (Å²) in [5.41, 5.74) is 6.93. The van der Waals surface area contributed by atoms with Crippen molar-refractivity contribution in [3.8, 4) is 0 Å². The van der Waals surface area contributed by atoms with Gasteiger partial charge in [-0.3, -0.25) is 9.59 Å². The molecule has 0 unspecified atom stereocenters. The molecule has 0 atom stereocenters. The number of nitrogens with one attached hydrogen (secondary N) is 1. The van der Waals surface area contributed by atoms with Crippen molar-refractivity contribution in [3.05, 3.63) is 52.0 Å². The van der Waals surface area contributed by atoms with E-state index < -0.39 is 0 Å². The molecule has 2 aromatic rings. The van der Waals surface area contributed by atoms with E-state index in [2.05, 4.69) is 5.32 Å². The van der Waals surface area contributed by atoms with Crippen LogP contribution in [-0.2, 0) is 4.79 Å². The maximum absolute atomic E-state index is 12.7. The number of halogens is 2. The largest absolute Gasteiger partial charge is 0.396 e. The summed E-state index contributed by atoms with van der Waals surface area (Å²) < 4.78 is 0. The first-order valence-corrected chi connectivity index (χ1v) is 10.3. The number of thioether (sulfide) groups is 1. The van der Waals surface area contributed by atoms with E-state index in [-0.39, 0.29) is 27.5 Å². The Hall–Kier alpha value is -1.89. The summed E-state index contributed by atoms with van der Waals surface area (Å²) in [4.78, 5) is 27.6. The Morgan fingerprint density at radius 1 is 1.11 bits per heavy atom. The van der Waals surface area contributed by atoms with Crippen molar-refractivity contribution >= 4 is 58.2 Å². The van der Waals surface area contributed by atoms with E-state index in [9.17, 15) is 9.59 Å². The van der Waals surface area contributed by atoms with Gasteiger partial charge in [0.25, 0.3) is 5.91 Å². The minimum atomic E-state index is -0.302. The summed E-state index contributed by atoms with van der Waals surface area (Å²) in [5, 5.41) is 3.33. The Labute approximate surface area is 172 Å². The lowest BCUT2D eigenvalue weighted by Gasteiger charge is -2.15. The quantitative estimate of drug-likeness (QED) is 0.546. The van der Waals surface area contributed by atoms with E-state index in [1.165, 1.54) is 11.8 Å². The number of anilines is 2. The van der Waals surface area contributed by atoms with Gasteiger partial charge in [-0.05, 0) is 37.1 Å². The third-order valence-electron chi connectivity index (χ3n) is 4.28. The molecule has 0 bridgehead atoms. The Bertz CT molecular complexity index is 847. The van der Waals surface area contributed by atoms with Gasteiger partial charge >= 0.3 is 0 Å². The van der Waals surface area contributed by atoms with Crippen LogP contribution < -0.4 is 11.1 Å². The lowest BCUT2D eigenvalue weighted by Crippen LogP contribution is -2.29. The number of hydrogen-bond acceptors (Lipinski definition) is 4. The second kappa shape index (κ2) is 8.87. The zero-order chi connectivity index (χ0) is 19.4. The van der Waals surface area contributed by atoms with E-state index in [1.54, 1.807) is 24.3 Å². The highest BCUT2D eigenvalue weighted by Crippen LogP contribution is 2.32. The molecule has 1 heterocycles. The maximum Gasteiger partial charge on any atom is 0.256 e. The lowest BCUT2D eigenvalue weighted by atomic mass is 10.2. The normalized spacial score (nSPS) is 13.6. The lowest BCUT2D eigenvalue weighted by molar-refractivity contribution is -0.127. The second-order valence-electron chi connectivity index (χ2n) is 6.18. The molecule has 1 fully saturated rings. The Kier molecular flexibility index (Phi) is 6.52. The van der Waals surface area contributed by atoms with Gasteiger partial charge in [0.1, 0.15) is 0 Å². The molecule has 0 spiro atoms. The fraction of sp³-hybridized carbons (Fsp3) is 0.263. The van der Waals surface area contributed by atoms with Crippen LogP contribution in [0, 0.1) is 0 Å². The van der Waals surface area contributed by atoms with Gasteiger partial charge in [0.15, 0.2) is 0 Å². The smallest absolute Gasteiger partial charge is 0.256 e. The third-order valence-corrected chi connectivity index (χ3v) is 5.96. The fourth-order valence-electron chi connectivity index (χ4n) is 2.83. The van der Waals surface area contributed by atoms with E-state index in [4.69, 9.17) is 28.9 Å². The number of amides is 2. The van der Waals surface area contributed by atoms with Crippen LogP contribution >= 0.6 is 35.0 Å². The second-order valence-corrected chi connectivity index (χ2v) is 8.01. The van der Waals surface area contributed by atoms with E-state index in [1.807, 2.05) is 17.0 Å². The van der Waals surface area contributed by atoms with E-state index >= 15 is 0 Å². The summed E-state index contributed by atoms with van der Waals surface area (Å²) in [5.74, 6) is 0.109. The zero-order valence-electron chi connectivity index (χ0n) is 14.5. The number of benzene rings is 2. The molecule has 1 aliphatic rings. The standard InChI is InChI=1S/C19H19Cl2N3O2S/c20-14-9-12(10-15(21)18(14)22)23-19(26)13-5-1-2-6-16(13)27-11-17(25)24-7-3-4-8-24/h1-2,5-6,9-10H,3-4,7-8,11,22H2,(H,23,26).